The Balaban J connectivity index is 2.27. The van der Waals surface area contributed by atoms with Gasteiger partial charge < -0.3 is 10.5 Å². The molecule has 88 valence electrons. The average molecular weight is 233 g/mol. The molecule has 5 heteroatoms. The summed E-state index contributed by atoms with van der Waals surface area (Å²) in [5.41, 5.74) is 6.93. The van der Waals surface area contributed by atoms with Crippen molar-refractivity contribution in [2.75, 3.05) is 0 Å². The maximum atomic E-state index is 13.4. The van der Waals surface area contributed by atoms with Gasteiger partial charge in [0.05, 0.1) is 11.9 Å². The second-order valence-corrected chi connectivity index (χ2v) is 3.59. The molecule has 17 heavy (non-hydrogen) atoms. The van der Waals surface area contributed by atoms with E-state index in [1.807, 2.05) is 6.92 Å². The Morgan fingerprint density at radius 2 is 2.18 bits per heavy atom. The van der Waals surface area contributed by atoms with E-state index in [1.54, 1.807) is 18.3 Å². The molecule has 0 aliphatic heterocycles. The molecule has 0 spiro atoms. The molecule has 0 atom stereocenters. The minimum absolute atomic E-state index is 0.133. The van der Waals surface area contributed by atoms with Gasteiger partial charge in [-0.05, 0) is 24.6 Å². The second-order valence-electron chi connectivity index (χ2n) is 3.59. The van der Waals surface area contributed by atoms with Crippen LogP contribution >= 0.6 is 0 Å². The van der Waals surface area contributed by atoms with E-state index in [1.165, 1.54) is 12.3 Å². The first kappa shape index (κ1) is 11.5. The van der Waals surface area contributed by atoms with E-state index >= 15 is 0 Å². The molecule has 1 heterocycles. The van der Waals surface area contributed by atoms with Crippen LogP contribution in [0.5, 0.6) is 11.6 Å². The molecule has 0 saturated heterocycles. The zero-order valence-electron chi connectivity index (χ0n) is 9.35. The molecule has 0 bridgehead atoms. The van der Waals surface area contributed by atoms with Crippen molar-refractivity contribution >= 4 is 0 Å². The van der Waals surface area contributed by atoms with Crippen molar-refractivity contribution in [1.82, 2.24) is 9.97 Å². The molecule has 1 aromatic carbocycles. The highest BCUT2D eigenvalue weighted by atomic mass is 19.1. The third-order valence-corrected chi connectivity index (χ3v) is 2.17. The fourth-order valence-electron chi connectivity index (χ4n) is 1.34. The Morgan fingerprint density at radius 3 is 2.94 bits per heavy atom. The standard InChI is InChI=1S/C12H12FN3O/c1-8-2-3-10(13)11(4-8)17-12-7-15-6-9(5-14)16-12/h2-4,6-7H,5,14H2,1H3. The summed E-state index contributed by atoms with van der Waals surface area (Å²) in [6.07, 6.45) is 2.96. The van der Waals surface area contributed by atoms with Crippen molar-refractivity contribution in [3.05, 3.63) is 47.7 Å². The fourth-order valence-corrected chi connectivity index (χ4v) is 1.34. The first-order valence-corrected chi connectivity index (χ1v) is 5.14. The van der Waals surface area contributed by atoms with E-state index in [2.05, 4.69) is 9.97 Å². The van der Waals surface area contributed by atoms with E-state index in [0.717, 1.165) is 5.56 Å². The highest BCUT2D eigenvalue weighted by Crippen LogP contribution is 2.23. The van der Waals surface area contributed by atoms with Gasteiger partial charge in [-0.25, -0.2) is 9.37 Å². The lowest BCUT2D eigenvalue weighted by Crippen LogP contribution is -2.01. The SMILES string of the molecule is Cc1ccc(F)c(Oc2cncc(CN)n2)c1. The van der Waals surface area contributed by atoms with Gasteiger partial charge in [0.25, 0.3) is 0 Å². The Morgan fingerprint density at radius 1 is 1.35 bits per heavy atom. The number of rotatable bonds is 3. The van der Waals surface area contributed by atoms with Gasteiger partial charge in [-0.15, -0.1) is 0 Å². The summed E-state index contributed by atoms with van der Waals surface area (Å²) in [6, 6.07) is 4.63. The monoisotopic (exact) mass is 233 g/mol. The average Bonchev–Trinajstić information content (AvgIpc) is 2.34. The zero-order chi connectivity index (χ0) is 12.3. The van der Waals surface area contributed by atoms with Crippen LogP contribution in [-0.4, -0.2) is 9.97 Å². The predicted octanol–water partition coefficient (Wildman–Crippen LogP) is 2.18. The van der Waals surface area contributed by atoms with Crippen LogP contribution in [0.25, 0.3) is 0 Å². The molecule has 2 N–H and O–H groups in total. The van der Waals surface area contributed by atoms with Gasteiger partial charge in [-0.2, -0.15) is 0 Å². The van der Waals surface area contributed by atoms with Crippen LogP contribution < -0.4 is 10.5 Å². The number of benzene rings is 1. The lowest BCUT2D eigenvalue weighted by atomic mass is 10.2. The Bertz CT molecular complexity index is 531. The van der Waals surface area contributed by atoms with E-state index in [0.29, 0.717) is 5.69 Å². The summed E-state index contributed by atoms with van der Waals surface area (Å²) < 4.78 is 18.8. The summed E-state index contributed by atoms with van der Waals surface area (Å²) in [7, 11) is 0. The first-order valence-electron chi connectivity index (χ1n) is 5.14. The molecule has 0 unspecified atom stereocenters. The number of aromatic nitrogens is 2. The molecule has 1 aromatic heterocycles. The predicted molar refractivity (Wildman–Crippen MR) is 61.1 cm³/mol. The van der Waals surface area contributed by atoms with Crippen molar-refractivity contribution in [3.8, 4) is 11.6 Å². The van der Waals surface area contributed by atoms with Crippen molar-refractivity contribution in [3.63, 3.8) is 0 Å². The van der Waals surface area contributed by atoms with Crippen LogP contribution in [0.3, 0.4) is 0 Å². The Hall–Kier alpha value is -2.01. The number of aryl methyl sites for hydroxylation is 1. The highest BCUT2D eigenvalue weighted by Gasteiger charge is 2.06. The number of nitrogens with zero attached hydrogens (tertiary/aromatic N) is 2. The van der Waals surface area contributed by atoms with Gasteiger partial charge in [0, 0.05) is 12.7 Å². The summed E-state index contributed by atoms with van der Waals surface area (Å²) in [6.45, 7) is 2.12. The number of ether oxygens (including phenoxy) is 1. The molecule has 0 fully saturated rings. The molecular formula is C12H12FN3O. The minimum atomic E-state index is -0.435. The normalized spacial score (nSPS) is 10.3. The molecule has 0 aliphatic carbocycles. The maximum absolute atomic E-state index is 13.4. The summed E-state index contributed by atoms with van der Waals surface area (Å²) in [5.74, 6) is -0.0681. The first-order chi connectivity index (χ1) is 8.19. The molecule has 4 nitrogen and oxygen atoms in total. The van der Waals surface area contributed by atoms with Gasteiger partial charge in [0.15, 0.2) is 11.6 Å². The van der Waals surface area contributed by atoms with Crippen LogP contribution in [0.2, 0.25) is 0 Å². The van der Waals surface area contributed by atoms with Gasteiger partial charge in [-0.1, -0.05) is 6.07 Å². The van der Waals surface area contributed by atoms with Crippen LogP contribution in [-0.2, 0) is 6.54 Å². The van der Waals surface area contributed by atoms with Crippen LogP contribution in [0.4, 0.5) is 4.39 Å². The number of hydrogen-bond donors (Lipinski definition) is 1. The number of halogens is 1. The Kier molecular flexibility index (Phi) is 3.30. The molecule has 2 rings (SSSR count). The minimum Gasteiger partial charge on any atom is -0.434 e. The van der Waals surface area contributed by atoms with Crippen molar-refractivity contribution < 1.29 is 9.13 Å². The molecule has 0 aliphatic rings. The lowest BCUT2D eigenvalue weighted by molar-refractivity contribution is 0.423. The third-order valence-electron chi connectivity index (χ3n) is 2.17. The topological polar surface area (TPSA) is 61.0 Å². The van der Waals surface area contributed by atoms with Crippen LogP contribution in [0.15, 0.2) is 30.6 Å². The van der Waals surface area contributed by atoms with Gasteiger partial charge in [-0.3, -0.25) is 4.98 Å². The molecule has 0 amide bonds. The van der Waals surface area contributed by atoms with Crippen molar-refractivity contribution in [2.45, 2.75) is 13.5 Å². The zero-order valence-corrected chi connectivity index (χ0v) is 9.35. The van der Waals surface area contributed by atoms with Gasteiger partial charge >= 0.3 is 0 Å². The molecule has 0 radical (unpaired) electrons. The Labute approximate surface area is 98.3 Å². The fraction of sp³-hybridized carbons (Fsp3) is 0.167. The van der Waals surface area contributed by atoms with Crippen molar-refractivity contribution in [2.24, 2.45) is 5.73 Å². The third kappa shape index (κ3) is 2.76. The van der Waals surface area contributed by atoms with Gasteiger partial charge in [0.1, 0.15) is 0 Å². The largest absolute Gasteiger partial charge is 0.434 e. The van der Waals surface area contributed by atoms with E-state index in [4.69, 9.17) is 10.5 Å². The second kappa shape index (κ2) is 4.88. The summed E-state index contributed by atoms with van der Waals surface area (Å²) >= 11 is 0. The van der Waals surface area contributed by atoms with E-state index in [-0.39, 0.29) is 18.2 Å². The number of hydrogen-bond acceptors (Lipinski definition) is 4. The maximum Gasteiger partial charge on any atom is 0.238 e. The highest BCUT2D eigenvalue weighted by molar-refractivity contribution is 5.32. The lowest BCUT2D eigenvalue weighted by Gasteiger charge is -2.07. The summed E-state index contributed by atoms with van der Waals surface area (Å²) in [4.78, 5) is 7.99. The summed E-state index contributed by atoms with van der Waals surface area (Å²) in [5, 5.41) is 0. The van der Waals surface area contributed by atoms with E-state index < -0.39 is 5.82 Å². The smallest absolute Gasteiger partial charge is 0.238 e. The quantitative estimate of drug-likeness (QED) is 0.882. The van der Waals surface area contributed by atoms with Crippen LogP contribution in [0.1, 0.15) is 11.3 Å². The molecule has 2 aromatic rings. The van der Waals surface area contributed by atoms with Crippen LogP contribution in [0, 0.1) is 12.7 Å². The molecule has 0 saturated carbocycles. The van der Waals surface area contributed by atoms with E-state index in [9.17, 15) is 4.39 Å². The van der Waals surface area contributed by atoms with Gasteiger partial charge in [0.2, 0.25) is 5.88 Å². The number of nitrogens with two attached hydrogens (primary N) is 1. The van der Waals surface area contributed by atoms with Crippen molar-refractivity contribution in [1.29, 1.82) is 0 Å². The molecular weight excluding hydrogens is 221 g/mol.